The molecule has 0 aliphatic heterocycles. The van der Waals surface area contributed by atoms with Gasteiger partial charge in [-0.25, -0.2) is 4.98 Å². The van der Waals surface area contributed by atoms with Crippen LogP contribution in [0.4, 0.5) is 5.13 Å². The summed E-state index contributed by atoms with van der Waals surface area (Å²) in [6, 6.07) is 5.64. The minimum Gasteiger partial charge on any atom is -0.361 e. The Morgan fingerprint density at radius 2 is 2.31 bits per heavy atom. The van der Waals surface area contributed by atoms with E-state index < -0.39 is 0 Å². The lowest BCUT2D eigenvalue weighted by molar-refractivity contribution is 0.101. The maximum Gasteiger partial charge on any atom is 0.183 e. The van der Waals surface area contributed by atoms with E-state index >= 15 is 0 Å². The van der Waals surface area contributed by atoms with Gasteiger partial charge in [0.05, 0.1) is 10.2 Å². The largest absolute Gasteiger partial charge is 0.361 e. The molecule has 0 fully saturated rings. The number of carbonyl (C=O) groups is 1. The van der Waals surface area contributed by atoms with E-state index in [9.17, 15) is 4.79 Å². The molecule has 0 aliphatic carbocycles. The van der Waals surface area contributed by atoms with Gasteiger partial charge in [-0.2, -0.15) is 0 Å². The molecule has 0 amide bonds. The molecule has 0 saturated carbocycles. The molecule has 0 saturated heterocycles. The van der Waals surface area contributed by atoms with Gasteiger partial charge in [0.25, 0.3) is 0 Å². The third-order valence-corrected chi connectivity index (χ3v) is 3.30. The van der Waals surface area contributed by atoms with E-state index in [4.69, 9.17) is 0 Å². The van der Waals surface area contributed by atoms with Crippen LogP contribution < -0.4 is 5.32 Å². The second-order valence-corrected chi connectivity index (χ2v) is 4.72. The maximum absolute atomic E-state index is 11.2. The number of aromatic nitrogens is 1. The predicted octanol–water partition coefficient (Wildman–Crippen LogP) is 3.32. The Morgan fingerprint density at radius 3 is 3.00 bits per heavy atom. The Balaban J connectivity index is 2.34. The van der Waals surface area contributed by atoms with Crippen molar-refractivity contribution in [2.75, 3.05) is 11.9 Å². The number of rotatable bonds is 4. The summed E-state index contributed by atoms with van der Waals surface area (Å²) in [5.74, 6) is 0.0957. The van der Waals surface area contributed by atoms with E-state index in [1.54, 1.807) is 18.3 Å². The van der Waals surface area contributed by atoms with Crippen molar-refractivity contribution in [2.45, 2.75) is 20.3 Å². The summed E-state index contributed by atoms with van der Waals surface area (Å²) in [7, 11) is 0. The van der Waals surface area contributed by atoms with Crippen LogP contribution in [0.5, 0.6) is 0 Å². The molecule has 0 aliphatic rings. The smallest absolute Gasteiger partial charge is 0.183 e. The predicted molar refractivity (Wildman–Crippen MR) is 68.4 cm³/mol. The molecule has 0 bridgehead atoms. The van der Waals surface area contributed by atoms with E-state index in [1.165, 1.54) is 0 Å². The highest BCUT2D eigenvalue weighted by Gasteiger charge is 2.05. The normalized spacial score (nSPS) is 10.6. The first-order valence-electron chi connectivity index (χ1n) is 5.36. The number of nitrogens with zero attached hydrogens (tertiary/aromatic N) is 1. The quantitative estimate of drug-likeness (QED) is 0.825. The minimum absolute atomic E-state index is 0.0957. The highest BCUT2D eigenvalue weighted by atomic mass is 32.1. The number of Topliss-reactive ketones (excluding diaryl/α,β-unsaturated/α-hetero) is 1. The monoisotopic (exact) mass is 234 g/mol. The number of nitrogens with one attached hydrogen (secondary N) is 1. The molecule has 3 nitrogen and oxygen atoms in total. The molecule has 1 heterocycles. The average Bonchev–Trinajstić information content (AvgIpc) is 2.67. The van der Waals surface area contributed by atoms with Gasteiger partial charge in [-0.05, 0) is 31.5 Å². The van der Waals surface area contributed by atoms with Crippen LogP contribution >= 0.6 is 11.3 Å². The van der Waals surface area contributed by atoms with Gasteiger partial charge < -0.3 is 5.32 Å². The molecule has 2 aromatic rings. The van der Waals surface area contributed by atoms with Crippen molar-refractivity contribution in [2.24, 2.45) is 0 Å². The summed E-state index contributed by atoms with van der Waals surface area (Å²) in [4.78, 5) is 15.7. The molecule has 1 N–H and O–H groups in total. The van der Waals surface area contributed by atoms with Gasteiger partial charge in [0.15, 0.2) is 10.9 Å². The Bertz CT molecular complexity index is 519. The topological polar surface area (TPSA) is 42.0 Å². The van der Waals surface area contributed by atoms with Crippen molar-refractivity contribution in [1.29, 1.82) is 0 Å². The molecular formula is C12H14N2OS. The summed E-state index contributed by atoms with van der Waals surface area (Å²) in [6.45, 7) is 4.63. The molecule has 1 aromatic carbocycles. The van der Waals surface area contributed by atoms with Crippen LogP contribution in [0.1, 0.15) is 30.6 Å². The second-order valence-electron chi connectivity index (χ2n) is 3.68. The molecular weight excluding hydrogens is 220 g/mol. The molecule has 0 atom stereocenters. The maximum atomic E-state index is 11.2. The van der Waals surface area contributed by atoms with E-state index in [1.807, 2.05) is 18.2 Å². The zero-order valence-electron chi connectivity index (χ0n) is 9.41. The Kier molecular flexibility index (Phi) is 3.19. The van der Waals surface area contributed by atoms with Gasteiger partial charge in [-0.15, -0.1) is 0 Å². The van der Waals surface area contributed by atoms with Crippen LogP contribution in [0.2, 0.25) is 0 Å². The second kappa shape index (κ2) is 4.61. The summed E-state index contributed by atoms with van der Waals surface area (Å²) in [5.41, 5.74) is 1.70. The third-order valence-electron chi connectivity index (χ3n) is 2.32. The summed E-state index contributed by atoms with van der Waals surface area (Å²) in [6.07, 6.45) is 1.08. The van der Waals surface area contributed by atoms with Gasteiger partial charge in [0, 0.05) is 12.1 Å². The first-order chi connectivity index (χ1) is 7.70. The fourth-order valence-corrected chi connectivity index (χ4v) is 2.38. The number of thiazole rings is 1. The van der Waals surface area contributed by atoms with Crippen LogP contribution in [0, 0.1) is 0 Å². The van der Waals surface area contributed by atoms with Crippen LogP contribution in [0.15, 0.2) is 18.2 Å². The van der Waals surface area contributed by atoms with Gasteiger partial charge >= 0.3 is 0 Å². The lowest BCUT2D eigenvalue weighted by Crippen LogP contribution is -1.98. The van der Waals surface area contributed by atoms with Crippen LogP contribution in [0.25, 0.3) is 10.2 Å². The van der Waals surface area contributed by atoms with Crippen LogP contribution in [0.3, 0.4) is 0 Å². The summed E-state index contributed by atoms with van der Waals surface area (Å²) >= 11 is 1.59. The number of carbonyl (C=O) groups excluding carboxylic acids is 1. The van der Waals surface area contributed by atoms with Crippen molar-refractivity contribution in [3.05, 3.63) is 23.8 Å². The minimum atomic E-state index is 0.0957. The van der Waals surface area contributed by atoms with Crippen molar-refractivity contribution in [3.8, 4) is 0 Å². The Morgan fingerprint density at radius 1 is 1.50 bits per heavy atom. The number of benzene rings is 1. The Hall–Kier alpha value is -1.42. The molecule has 1 aromatic heterocycles. The molecule has 4 heteroatoms. The van der Waals surface area contributed by atoms with Gasteiger partial charge in [0.2, 0.25) is 0 Å². The van der Waals surface area contributed by atoms with Crippen LogP contribution in [-0.2, 0) is 0 Å². The third kappa shape index (κ3) is 2.22. The van der Waals surface area contributed by atoms with Gasteiger partial charge in [-0.1, -0.05) is 18.3 Å². The zero-order valence-corrected chi connectivity index (χ0v) is 10.2. The number of fused-ring (bicyclic) bond motifs is 1. The Labute approximate surface area is 98.5 Å². The lowest BCUT2D eigenvalue weighted by Gasteiger charge is -1.95. The van der Waals surface area contributed by atoms with Gasteiger partial charge in [0.1, 0.15) is 0 Å². The first-order valence-corrected chi connectivity index (χ1v) is 6.17. The standard InChI is InChI=1S/C12H14N2OS/c1-3-6-13-12-14-10-5-4-9(8(2)15)7-11(10)16-12/h4-5,7H,3,6H2,1-2H3,(H,13,14). The number of ketones is 1. The number of hydrogen-bond acceptors (Lipinski definition) is 4. The fraction of sp³-hybridized carbons (Fsp3) is 0.333. The van der Waals surface area contributed by atoms with Crippen molar-refractivity contribution in [1.82, 2.24) is 4.98 Å². The molecule has 2 rings (SSSR count). The lowest BCUT2D eigenvalue weighted by atomic mass is 10.1. The summed E-state index contributed by atoms with van der Waals surface area (Å²) < 4.78 is 1.06. The summed E-state index contributed by atoms with van der Waals surface area (Å²) in [5, 5.41) is 4.18. The average molecular weight is 234 g/mol. The van der Waals surface area contributed by atoms with Crippen molar-refractivity contribution < 1.29 is 4.79 Å². The van der Waals surface area contributed by atoms with Gasteiger partial charge in [-0.3, -0.25) is 4.79 Å². The zero-order chi connectivity index (χ0) is 11.5. The van der Waals surface area contributed by atoms with E-state index in [0.717, 1.165) is 33.9 Å². The molecule has 0 radical (unpaired) electrons. The highest BCUT2D eigenvalue weighted by Crippen LogP contribution is 2.26. The molecule has 0 spiro atoms. The van der Waals surface area contributed by atoms with Crippen molar-refractivity contribution >= 4 is 32.5 Å². The first kappa shape index (κ1) is 11.1. The van der Waals surface area contributed by atoms with Crippen molar-refractivity contribution in [3.63, 3.8) is 0 Å². The SMILES string of the molecule is CCCNc1nc2ccc(C(C)=O)cc2s1. The molecule has 84 valence electrons. The number of anilines is 1. The van der Waals surface area contributed by atoms with E-state index in [2.05, 4.69) is 17.2 Å². The van der Waals surface area contributed by atoms with E-state index in [-0.39, 0.29) is 5.78 Å². The number of hydrogen-bond donors (Lipinski definition) is 1. The van der Waals surface area contributed by atoms with E-state index in [0.29, 0.717) is 0 Å². The van der Waals surface area contributed by atoms with Crippen LogP contribution in [-0.4, -0.2) is 17.3 Å². The molecule has 0 unspecified atom stereocenters. The highest BCUT2D eigenvalue weighted by molar-refractivity contribution is 7.22. The molecule has 16 heavy (non-hydrogen) atoms. The fourth-order valence-electron chi connectivity index (χ4n) is 1.45.